The molecule has 112 valence electrons. The average molecular weight is 291 g/mol. The van der Waals surface area contributed by atoms with Crippen LogP contribution in [0.1, 0.15) is 38.5 Å². The molecule has 1 atom stereocenters. The summed E-state index contributed by atoms with van der Waals surface area (Å²) in [5.74, 6) is 1.02. The number of carbonyl (C=O) groups excluding carboxylic acids is 1. The second kappa shape index (κ2) is 8.77. The van der Waals surface area contributed by atoms with Crippen molar-refractivity contribution in [2.45, 2.75) is 44.6 Å². The summed E-state index contributed by atoms with van der Waals surface area (Å²) in [5, 5.41) is 3.20. The molecule has 2 fully saturated rings. The number of rotatable bonds is 4. The van der Waals surface area contributed by atoms with Crippen molar-refractivity contribution in [3.63, 3.8) is 0 Å². The number of nitrogens with zero attached hydrogens (tertiary/aromatic N) is 1. The fraction of sp³-hybridized carbons (Fsp3) is 0.929. The van der Waals surface area contributed by atoms with E-state index in [1.807, 2.05) is 11.9 Å². The van der Waals surface area contributed by atoms with Crippen LogP contribution in [0.25, 0.3) is 0 Å². The second-order valence-electron chi connectivity index (χ2n) is 5.52. The van der Waals surface area contributed by atoms with Crippen LogP contribution in [0.15, 0.2) is 0 Å². The van der Waals surface area contributed by atoms with Gasteiger partial charge in [-0.05, 0) is 58.0 Å². The first kappa shape index (κ1) is 16.7. The highest BCUT2D eigenvalue weighted by molar-refractivity contribution is 5.85. The number of nitrogens with one attached hydrogen (secondary N) is 1. The predicted molar refractivity (Wildman–Crippen MR) is 78.7 cm³/mol. The van der Waals surface area contributed by atoms with Gasteiger partial charge in [-0.3, -0.25) is 4.79 Å². The van der Waals surface area contributed by atoms with Gasteiger partial charge in [0.15, 0.2) is 0 Å². The van der Waals surface area contributed by atoms with E-state index >= 15 is 0 Å². The third-order valence-electron chi connectivity index (χ3n) is 4.18. The van der Waals surface area contributed by atoms with Crippen LogP contribution in [0, 0.1) is 5.92 Å². The van der Waals surface area contributed by atoms with Gasteiger partial charge in [0.25, 0.3) is 5.91 Å². The van der Waals surface area contributed by atoms with Crippen molar-refractivity contribution in [3.05, 3.63) is 0 Å². The van der Waals surface area contributed by atoms with Crippen LogP contribution < -0.4 is 5.32 Å². The monoisotopic (exact) mass is 290 g/mol. The first-order valence-corrected chi connectivity index (χ1v) is 7.36. The third kappa shape index (κ3) is 4.93. The standard InChI is InChI=1S/C14H26N2O2.ClH/c1-15-8-5-12-6-9-16(10-7-12)14(17)13-4-2-3-11-18-13;/h12-13,15H,2-11H2,1H3;1H. The molecule has 2 saturated heterocycles. The van der Waals surface area contributed by atoms with Crippen molar-refractivity contribution in [2.75, 3.05) is 33.3 Å². The van der Waals surface area contributed by atoms with E-state index in [1.54, 1.807) is 0 Å². The summed E-state index contributed by atoms with van der Waals surface area (Å²) >= 11 is 0. The van der Waals surface area contributed by atoms with E-state index < -0.39 is 0 Å². The van der Waals surface area contributed by atoms with Gasteiger partial charge < -0.3 is 15.0 Å². The first-order chi connectivity index (χ1) is 8.81. The number of carbonyl (C=O) groups is 1. The number of amides is 1. The third-order valence-corrected chi connectivity index (χ3v) is 4.18. The molecule has 19 heavy (non-hydrogen) atoms. The van der Waals surface area contributed by atoms with Gasteiger partial charge in [-0.1, -0.05) is 0 Å². The van der Waals surface area contributed by atoms with Crippen LogP contribution >= 0.6 is 12.4 Å². The minimum absolute atomic E-state index is 0. The van der Waals surface area contributed by atoms with Gasteiger partial charge in [0, 0.05) is 19.7 Å². The van der Waals surface area contributed by atoms with Gasteiger partial charge in [-0.2, -0.15) is 0 Å². The number of likely N-dealkylation sites (tertiary alicyclic amines) is 1. The lowest BCUT2D eigenvalue weighted by Crippen LogP contribution is -2.45. The molecule has 0 radical (unpaired) electrons. The van der Waals surface area contributed by atoms with Crippen LogP contribution in [-0.4, -0.2) is 50.2 Å². The van der Waals surface area contributed by atoms with E-state index in [0.717, 1.165) is 64.3 Å². The summed E-state index contributed by atoms with van der Waals surface area (Å²) < 4.78 is 5.58. The van der Waals surface area contributed by atoms with Gasteiger partial charge >= 0.3 is 0 Å². The minimum atomic E-state index is -0.146. The van der Waals surface area contributed by atoms with Crippen LogP contribution in [-0.2, 0) is 9.53 Å². The number of ether oxygens (including phenoxy) is 1. The molecule has 1 amide bonds. The number of hydrogen-bond donors (Lipinski definition) is 1. The van der Waals surface area contributed by atoms with Gasteiger partial charge in [-0.15, -0.1) is 12.4 Å². The molecule has 0 spiro atoms. The van der Waals surface area contributed by atoms with Gasteiger partial charge in [0.1, 0.15) is 6.10 Å². The van der Waals surface area contributed by atoms with Gasteiger partial charge in [0.05, 0.1) is 0 Å². The fourth-order valence-electron chi connectivity index (χ4n) is 2.93. The smallest absolute Gasteiger partial charge is 0.251 e. The average Bonchev–Trinajstić information content (AvgIpc) is 2.46. The summed E-state index contributed by atoms with van der Waals surface area (Å²) in [6, 6.07) is 0. The van der Waals surface area contributed by atoms with E-state index in [0.29, 0.717) is 0 Å². The topological polar surface area (TPSA) is 41.6 Å². The Balaban J connectivity index is 0.00000180. The lowest BCUT2D eigenvalue weighted by molar-refractivity contribution is -0.147. The van der Waals surface area contributed by atoms with E-state index in [2.05, 4.69) is 5.32 Å². The molecule has 0 aromatic rings. The predicted octanol–water partition coefficient (Wildman–Crippen LogP) is 1.83. The minimum Gasteiger partial charge on any atom is -0.368 e. The Morgan fingerprint density at radius 1 is 1.26 bits per heavy atom. The first-order valence-electron chi connectivity index (χ1n) is 7.36. The summed E-state index contributed by atoms with van der Waals surface area (Å²) in [5.41, 5.74) is 0. The Kier molecular flexibility index (Phi) is 7.73. The largest absolute Gasteiger partial charge is 0.368 e. The molecule has 4 nitrogen and oxygen atoms in total. The zero-order valence-corrected chi connectivity index (χ0v) is 12.7. The Morgan fingerprint density at radius 2 is 2.00 bits per heavy atom. The van der Waals surface area contributed by atoms with Crippen molar-refractivity contribution in [3.8, 4) is 0 Å². The molecule has 1 N–H and O–H groups in total. The van der Waals surface area contributed by atoms with Crippen LogP contribution in [0.2, 0.25) is 0 Å². The van der Waals surface area contributed by atoms with E-state index in [-0.39, 0.29) is 24.4 Å². The van der Waals surface area contributed by atoms with Crippen LogP contribution in [0.3, 0.4) is 0 Å². The van der Waals surface area contributed by atoms with Crippen molar-refractivity contribution >= 4 is 18.3 Å². The summed E-state index contributed by atoms with van der Waals surface area (Å²) in [4.78, 5) is 14.3. The molecule has 2 rings (SSSR count). The lowest BCUT2D eigenvalue weighted by Gasteiger charge is -2.35. The Hall–Kier alpha value is -0.320. The highest BCUT2D eigenvalue weighted by atomic mass is 35.5. The zero-order valence-electron chi connectivity index (χ0n) is 11.9. The van der Waals surface area contributed by atoms with Crippen molar-refractivity contribution in [1.29, 1.82) is 0 Å². The maximum Gasteiger partial charge on any atom is 0.251 e. The molecular formula is C14H27ClN2O2. The van der Waals surface area contributed by atoms with Crippen LogP contribution in [0.5, 0.6) is 0 Å². The van der Waals surface area contributed by atoms with E-state index in [4.69, 9.17) is 4.74 Å². The maximum absolute atomic E-state index is 12.3. The van der Waals surface area contributed by atoms with Crippen molar-refractivity contribution in [1.82, 2.24) is 10.2 Å². The molecule has 2 aliphatic rings. The molecule has 2 aliphatic heterocycles. The second-order valence-corrected chi connectivity index (χ2v) is 5.52. The zero-order chi connectivity index (χ0) is 12.8. The van der Waals surface area contributed by atoms with Crippen molar-refractivity contribution < 1.29 is 9.53 Å². The number of hydrogen-bond acceptors (Lipinski definition) is 3. The van der Waals surface area contributed by atoms with Crippen molar-refractivity contribution in [2.24, 2.45) is 5.92 Å². The maximum atomic E-state index is 12.3. The molecule has 1 unspecified atom stereocenters. The van der Waals surface area contributed by atoms with Crippen LogP contribution in [0.4, 0.5) is 0 Å². The molecule has 0 aliphatic carbocycles. The highest BCUT2D eigenvalue weighted by Crippen LogP contribution is 2.22. The molecule has 0 saturated carbocycles. The summed E-state index contributed by atoms with van der Waals surface area (Å²) in [6.07, 6.45) is 6.55. The van der Waals surface area contributed by atoms with E-state index in [9.17, 15) is 4.79 Å². The molecule has 0 aromatic heterocycles. The Bertz CT molecular complexity index is 262. The summed E-state index contributed by atoms with van der Waals surface area (Å²) in [7, 11) is 2.00. The van der Waals surface area contributed by atoms with Gasteiger partial charge in [-0.25, -0.2) is 0 Å². The molecular weight excluding hydrogens is 264 g/mol. The van der Waals surface area contributed by atoms with Gasteiger partial charge in [0.2, 0.25) is 0 Å². The summed E-state index contributed by atoms with van der Waals surface area (Å²) in [6.45, 7) is 3.69. The number of halogens is 1. The normalized spacial score (nSPS) is 24.9. The fourth-order valence-corrected chi connectivity index (χ4v) is 2.93. The molecule has 5 heteroatoms. The Labute approximate surface area is 122 Å². The highest BCUT2D eigenvalue weighted by Gasteiger charge is 2.29. The Morgan fingerprint density at radius 3 is 2.58 bits per heavy atom. The van der Waals surface area contributed by atoms with E-state index in [1.165, 1.54) is 6.42 Å². The quantitative estimate of drug-likeness (QED) is 0.859. The lowest BCUT2D eigenvalue weighted by atomic mass is 9.93. The SMILES string of the molecule is CNCCC1CCN(C(=O)C2CCCCO2)CC1.Cl. The molecule has 2 heterocycles. The molecule has 0 bridgehead atoms. The molecule has 0 aromatic carbocycles. The number of piperidine rings is 1.